The molecule has 0 spiro atoms. The Kier molecular flexibility index (Phi) is 4.97. The Morgan fingerprint density at radius 2 is 1.67 bits per heavy atom. The lowest BCUT2D eigenvalue weighted by atomic mass is 9.97. The molecule has 1 saturated heterocycles. The van der Waals surface area contributed by atoms with Crippen molar-refractivity contribution in [2.24, 2.45) is 11.8 Å². The first-order valence-corrected chi connectivity index (χ1v) is 11.0. The Labute approximate surface area is 176 Å². The maximum absolute atomic E-state index is 13.0. The Balaban J connectivity index is 1.27. The highest BCUT2D eigenvalue weighted by Gasteiger charge is 2.45. The molecule has 2 aliphatic carbocycles. The van der Waals surface area contributed by atoms with Crippen LogP contribution in [0.3, 0.4) is 0 Å². The van der Waals surface area contributed by atoms with E-state index in [1.807, 2.05) is 29.2 Å². The fourth-order valence-corrected chi connectivity index (χ4v) is 5.32. The molecular formula is C25H27NO4. The zero-order valence-electron chi connectivity index (χ0n) is 17.0. The van der Waals surface area contributed by atoms with Crippen LogP contribution < -0.4 is 0 Å². The van der Waals surface area contributed by atoms with Crippen molar-refractivity contribution in [3.63, 3.8) is 0 Å². The molecule has 5 heteroatoms. The minimum atomic E-state index is -0.705. The number of carboxylic acid groups (broad SMARTS) is 1. The summed E-state index contributed by atoms with van der Waals surface area (Å²) in [6.07, 6.45) is 4.27. The highest BCUT2D eigenvalue weighted by atomic mass is 16.6. The van der Waals surface area contributed by atoms with Gasteiger partial charge in [0.05, 0.1) is 5.92 Å². The molecule has 3 aliphatic rings. The second kappa shape index (κ2) is 7.78. The van der Waals surface area contributed by atoms with Gasteiger partial charge in [-0.2, -0.15) is 0 Å². The van der Waals surface area contributed by atoms with Gasteiger partial charge in [-0.15, -0.1) is 0 Å². The normalized spacial score (nSPS) is 24.8. The number of carbonyl (C=O) groups excluding carboxylic acids is 1. The molecule has 3 atom stereocenters. The first kappa shape index (κ1) is 19.2. The third-order valence-corrected chi connectivity index (χ3v) is 7.01. The summed E-state index contributed by atoms with van der Waals surface area (Å²) in [5.41, 5.74) is 4.87. The zero-order chi connectivity index (χ0) is 20.7. The number of hydrogen-bond acceptors (Lipinski definition) is 3. The quantitative estimate of drug-likeness (QED) is 0.768. The fraction of sp³-hybridized carbons (Fsp3) is 0.440. The summed E-state index contributed by atoms with van der Waals surface area (Å²) in [6, 6.07) is 16.8. The molecule has 5 rings (SSSR count). The fourth-order valence-electron chi connectivity index (χ4n) is 5.32. The third-order valence-electron chi connectivity index (χ3n) is 7.01. The molecule has 1 unspecified atom stereocenters. The second-order valence-corrected chi connectivity index (χ2v) is 8.82. The van der Waals surface area contributed by atoms with Gasteiger partial charge in [0, 0.05) is 18.5 Å². The van der Waals surface area contributed by atoms with Crippen molar-refractivity contribution in [1.29, 1.82) is 0 Å². The van der Waals surface area contributed by atoms with Crippen molar-refractivity contribution in [2.75, 3.05) is 13.2 Å². The number of ether oxygens (including phenoxy) is 1. The molecule has 1 heterocycles. The first-order chi connectivity index (χ1) is 14.6. The Hall–Kier alpha value is -2.82. The van der Waals surface area contributed by atoms with Gasteiger partial charge in [0.15, 0.2) is 0 Å². The number of nitrogens with zero attached hydrogens (tertiary/aromatic N) is 1. The molecule has 156 valence electrons. The van der Waals surface area contributed by atoms with E-state index in [2.05, 4.69) is 24.3 Å². The minimum absolute atomic E-state index is 0.0596. The predicted molar refractivity (Wildman–Crippen MR) is 113 cm³/mol. The van der Waals surface area contributed by atoms with Crippen LogP contribution in [0.25, 0.3) is 11.1 Å². The lowest BCUT2D eigenvalue weighted by Crippen LogP contribution is -2.44. The van der Waals surface area contributed by atoms with E-state index in [4.69, 9.17) is 4.74 Å². The molecule has 2 fully saturated rings. The van der Waals surface area contributed by atoms with E-state index in [0.717, 1.165) is 32.1 Å². The Morgan fingerprint density at radius 3 is 2.30 bits per heavy atom. The van der Waals surface area contributed by atoms with Gasteiger partial charge in [-0.25, -0.2) is 4.79 Å². The number of carbonyl (C=O) groups is 2. The summed E-state index contributed by atoms with van der Waals surface area (Å²) in [4.78, 5) is 26.0. The molecule has 0 aromatic heterocycles. The van der Waals surface area contributed by atoms with Crippen LogP contribution in [0.4, 0.5) is 4.79 Å². The maximum atomic E-state index is 13.0. The summed E-state index contributed by atoms with van der Waals surface area (Å²) >= 11 is 0. The predicted octanol–water partition coefficient (Wildman–Crippen LogP) is 4.90. The van der Waals surface area contributed by atoms with Gasteiger partial charge in [-0.05, 0) is 60.3 Å². The highest BCUT2D eigenvalue weighted by Crippen LogP contribution is 2.45. The summed E-state index contributed by atoms with van der Waals surface area (Å²) < 4.78 is 5.86. The van der Waals surface area contributed by atoms with Crippen molar-refractivity contribution in [1.82, 2.24) is 4.90 Å². The number of benzene rings is 2. The summed E-state index contributed by atoms with van der Waals surface area (Å²) in [5, 5.41) is 9.19. The van der Waals surface area contributed by atoms with Crippen LogP contribution in [0, 0.1) is 11.8 Å². The third kappa shape index (κ3) is 3.47. The number of amides is 1. The Morgan fingerprint density at radius 1 is 1.00 bits per heavy atom. The summed E-state index contributed by atoms with van der Waals surface area (Å²) in [6.45, 7) is 1.03. The molecule has 5 nitrogen and oxygen atoms in total. The zero-order valence-corrected chi connectivity index (χ0v) is 17.0. The molecular weight excluding hydrogens is 378 g/mol. The van der Waals surface area contributed by atoms with Gasteiger partial charge in [-0.1, -0.05) is 48.5 Å². The van der Waals surface area contributed by atoms with Gasteiger partial charge in [-0.3, -0.25) is 4.79 Å². The van der Waals surface area contributed by atoms with Crippen molar-refractivity contribution in [3.05, 3.63) is 59.7 Å². The number of fused-ring (bicyclic) bond motifs is 3. The first-order valence-electron chi connectivity index (χ1n) is 11.0. The number of likely N-dealkylation sites (tertiary alicyclic amines) is 1. The van der Waals surface area contributed by atoms with Gasteiger partial charge in [0.1, 0.15) is 6.61 Å². The van der Waals surface area contributed by atoms with Crippen molar-refractivity contribution < 1.29 is 19.4 Å². The number of piperidine rings is 1. The molecule has 2 aromatic carbocycles. The average molecular weight is 405 g/mol. The van der Waals surface area contributed by atoms with E-state index in [1.54, 1.807) is 0 Å². The van der Waals surface area contributed by atoms with Crippen LogP contribution in [-0.2, 0) is 9.53 Å². The van der Waals surface area contributed by atoms with Crippen LogP contribution in [0.15, 0.2) is 48.5 Å². The number of hydrogen-bond donors (Lipinski definition) is 1. The average Bonchev–Trinajstić information content (AvgIpc) is 3.47. The number of aliphatic carboxylic acids is 1. The number of carboxylic acids is 1. The SMILES string of the molecule is O=C(O)[C@@H]1C[C@H]1CC1CCCCN1C(=O)OCC1c2ccccc2-c2ccccc21. The lowest BCUT2D eigenvalue weighted by molar-refractivity contribution is -0.138. The standard InChI is InChI=1S/C25H27NO4/c27-24(28)22-14-16(22)13-17-7-5-6-12-26(17)25(29)30-15-23-20-10-3-1-8-18(20)19-9-2-4-11-21(19)23/h1-4,8-11,16-17,22-23H,5-7,12-15H2,(H,27,28)/t16-,17?,22-/m1/s1. The van der Waals surface area contributed by atoms with E-state index in [1.165, 1.54) is 22.3 Å². The van der Waals surface area contributed by atoms with Crippen molar-refractivity contribution in [3.8, 4) is 11.1 Å². The van der Waals surface area contributed by atoms with Crippen molar-refractivity contribution in [2.45, 2.75) is 44.1 Å². The molecule has 1 saturated carbocycles. The van der Waals surface area contributed by atoms with E-state index >= 15 is 0 Å². The lowest BCUT2D eigenvalue weighted by Gasteiger charge is -2.35. The molecule has 1 aliphatic heterocycles. The van der Waals surface area contributed by atoms with Gasteiger partial charge in [0.25, 0.3) is 0 Å². The Bertz CT molecular complexity index is 926. The minimum Gasteiger partial charge on any atom is -0.481 e. The summed E-state index contributed by atoms with van der Waals surface area (Å²) in [7, 11) is 0. The highest BCUT2D eigenvalue weighted by molar-refractivity contribution is 5.79. The van der Waals surface area contributed by atoms with Gasteiger partial charge < -0.3 is 14.7 Å². The molecule has 1 amide bonds. The molecule has 0 radical (unpaired) electrons. The molecule has 0 bridgehead atoms. The molecule has 1 N–H and O–H groups in total. The summed E-state index contributed by atoms with van der Waals surface area (Å²) in [5.74, 6) is -0.668. The van der Waals surface area contributed by atoms with Crippen LogP contribution >= 0.6 is 0 Å². The van der Waals surface area contributed by atoms with E-state index in [-0.39, 0.29) is 29.9 Å². The topological polar surface area (TPSA) is 66.8 Å². The van der Waals surface area contributed by atoms with Crippen molar-refractivity contribution >= 4 is 12.1 Å². The monoisotopic (exact) mass is 405 g/mol. The van der Waals surface area contributed by atoms with Crippen LogP contribution in [-0.4, -0.2) is 41.3 Å². The van der Waals surface area contributed by atoms with Crippen LogP contribution in [0.5, 0.6) is 0 Å². The smallest absolute Gasteiger partial charge is 0.410 e. The van der Waals surface area contributed by atoms with E-state index in [0.29, 0.717) is 13.2 Å². The van der Waals surface area contributed by atoms with Crippen LogP contribution in [0.2, 0.25) is 0 Å². The maximum Gasteiger partial charge on any atom is 0.410 e. The van der Waals surface area contributed by atoms with Gasteiger partial charge >= 0.3 is 12.1 Å². The number of rotatable bonds is 5. The molecule has 2 aromatic rings. The van der Waals surface area contributed by atoms with E-state index < -0.39 is 5.97 Å². The largest absolute Gasteiger partial charge is 0.481 e. The van der Waals surface area contributed by atoms with Crippen LogP contribution in [0.1, 0.15) is 49.1 Å². The van der Waals surface area contributed by atoms with Gasteiger partial charge in [0.2, 0.25) is 0 Å². The molecule has 30 heavy (non-hydrogen) atoms. The van der Waals surface area contributed by atoms with E-state index in [9.17, 15) is 14.7 Å². The second-order valence-electron chi connectivity index (χ2n) is 8.82.